The molecule has 2 N–H and O–H groups in total. The molecule has 2 nitrogen and oxygen atoms in total. The Morgan fingerprint density at radius 1 is 1.00 bits per heavy atom. The largest absolute Gasteiger partial charge is 0.383 e. The van der Waals surface area contributed by atoms with Crippen molar-refractivity contribution in [3.8, 4) is 0 Å². The molecule has 0 aromatic heterocycles. The first-order chi connectivity index (χ1) is 8.66. The Morgan fingerprint density at radius 3 is 2.39 bits per heavy atom. The van der Waals surface area contributed by atoms with Crippen molar-refractivity contribution in [1.29, 1.82) is 0 Å². The average Bonchev–Trinajstić information content (AvgIpc) is 2.41. The van der Waals surface area contributed by atoms with Gasteiger partial charge in [0.15, 0.2) is 11.6 Å². The quantitative estimate of drug-likeness (QED) is 0.656. The van der Waals surface area contributed by atoms with Gasteiger partial charge in [-0.15, -0.1) is 0 Å². The molecule has 0 aliphatic heterocycles. The standard InChI is InChI=1S/C14H12F2N2/c15-12-7-6-10(8-13(12)16)9-18-14(17)11-4-2-1-3-5-11/h1-8H,9H2,(H2,17,18). The smallest absolute Gasteiger partial charge is 0.159 e. The van der Waals surface area contributed by atoms with E-state index in [1.807, 2.05) is 30.3 Å². The van der Waals surface area contributed by atoms with Crippen LogP contribution < -0.4 is 5.73 Å². The molecular formula is C14H12F2N2. The third kappa shape index (κ3) is 2.91. The summed E-state index contributed by atoms with van der Waals surface area (Å²) in [5.41, 5.74) is 7.18. The Balaban J connectivity index is 2.13. The van der Waals surface area contributed by atoms with Gasteiger partial charge in [0, 0.05) is 5.56 Å². The van der Waals surface area contributed by atoms with E-state index >= 15 is 0 Å². The first kappa shape index (κ1) is 12.2. The molecule has 2 rings (SSSR count). The molecule has 0 heterocycles. The minimum absolute atomic E-state index is 0.220. The van der Waals surface area contributed by atoms with E-state index in [0.29, 0.717) is 11.4 Å². The minimum Gasteiger partial charge on any atom is -0.383 e. The van der Waals surface area contributed by atoms with Crippen molar-refractivity contribution in [1.82, 2.24) is 0 Å². The number of nitrogens with zero attached hydrogens (tertiary/aromatic N) is 1. The third-order valence-electron chi connectivity index (χ3n) is 2.49. The lowest BCUT2D eigenvalue weighted by Crippen LogP contribution is -2.13. The fourth-order valence-electron chi connectivity index (χ4n) is 1.51. The highest BCUT2D eigenvalue weighted by Crippen LogP contribution is 2.10. The molecule has 0 saturated carbocycles. The summed E-state index contributed by atoms with van der Waals surface area (Å²) in [7, 11) is 0. The molecule has 0 amide bonds. The van der Waals surface area contributed by atoms with Gasteiger partial charge < -0.3 is 5.73 Å². The number of hydrogen-bond acceptors (Lipinski definition) is 1. The molecular weight excluding hydrogens is 234 g/mol. The van der Waals surface area contributed by atoms with E-state index in [1.54, 1.807) is 0 Å². The van der Waals surface area contributed by atoms with Gasteiger partial charge in [0.25, 0.3) is 0 Å². The van der Waals surface area contributed by atoms with Crippen LogP contribution in [-0.4, -0.2) is 5.84 Å². The Labute approximate surface area is 104 Å². The van der Waals surface area contributed by atoms with Gasteiger partial charge in [-0.2, -0.15) is 0 Å². The van der Waals surface area contributed by atoms with Crippen LogP contribution in [0.15, 0.2) is 53.5 Å². The molecule has 2 aromatic rings. The van der Waals surface area contributed by atoms with Crippen LogP contribution in [0.1, 0.15) is 11.1 Å². The van der Waals surface area contributed by atoms with E-state index in [4.69, 9.17) is 5.73 Å². The molecule has 0 spiro atoms. The lowest BCUT2D eigenvalue weighted by molar-refractivity contribution is 0.507. The van der Waals surface area contributed by atoms with Gasteiger partial charge in [0.2, 0.25) is 0 Å². The fourth-order valence-corrected chi connectivity index (χ4v) is 1.51. The zero-order chi connectivity index (χ0) is 13.0. The summed E-state index contributed by atoms with van der Waals surface area (Å²) in [5, 5.41) is 0. The van der Waals surface area contributed by atoms with Gasteiger partial charge in [-0.05, 0) is 17.7 Å². The summed E-state index contributed by atoms with van der Waals surface area (Å²) in [4.78, 5) is 4.14. The first-order valence-electron chi connectivity index (χ1n) is 5.46. The van der Waals surface area contributed by atoms with Crippen molar-refractivity contribution >= 4 is 5.84 Å². The maximum atomic E-state index is 13.0. The molecule has 0 radical (unpaired) electrons. The zero-order valence-corrected chi connectivity index (χ0v) is 9.61. The summed E-state index contributed by atoms with van der Waals surface area (Å²) < 4.78 is 25.7. The molecule has 4 heteroatoms. The Morgan fingerprint density at radius 2 is 1.72 bits per heavy atom. The molecule has 0 unspecified atom stereocenters. The minimum atomic E-state index is -0.874. The fraction of sp³-hybridized carbons (Fsp3) is 0.0714. The van der Waals surface area contributed by atoms with Crippen LogP contribution in [0.4, 0.5) is 8.78 Å². The Hall–Kier alpha value is -2.23. The van der Waals surface area contributed by atoms with Gasteiger partial charge in [-0.1, -0.05) is 36.4 Å². The highest BCUT2D eigenvalue weighted by molar-refractivity contribution is 5.97. The Kier molecular flexibility index (Phi) is 3.67. The maximum absolute atomic E-state index is 13.0. The topological polar surface area (TPSA) is 38.4 Å². The molecule has 0 bridgehead atoms. The van der Waals surface area contributed by atoms with Crippen LogP contribution in [0.5, 0.6) is 0 Å². The second kappa shape index (κ2) is 5.40. The van der Waals surface area contributed by atoms with Gasteiger partial charge in [-0.25, -0.2) is 8.78 Å². The normalized spacial score (nSPS) is 11.6. The molecule has 2 aromatic carbocycles. The van der Waals surface area contributed by atoms with Crippen molar-refractivity contribution in [2.45, 2.75) is 6.54 Å². The molecule has 0 atom stereocenters. The number of benzene rings is 2. The van der Waals surface area contributed by atoms with Crippen molar-refractivity contribution < 1.29 is 8.78 Å². The van der Waals surface area contributed by atoms with Crippen LogP contribution >= 0.6 is 0 Å². The molecule has 18 heavy (non-hydrogen) atoms. The lowest BCUT2D eigenvalue weighted by Gasteiger charge is -2.02. The van der Waals surface area contributed by atoms with Crippen molar-refractivity contribution in [2.24, 2.45) is 10.7 Å². The van der Waals surface area contributed by atoms with E-state index in [0.717, 1.165) is 17.7 Å². The SMILES string of the molecule is NC(=NCc1ccc(F)c(F)c1)c1ccccc1. The highest BCUT2D eigenvalue weighted by Gasteiger charge is 2.02. The number of rotatable bonds is 3. The number of nitrogens with two attached hydrogens (primary N) is 1. The molecule has 92 valence electrons. The van der Waals surface area contributed by atoms with Crippen LogP contribution in [0.3, 0.4) is 0 Å². The zero-order valence-electron chi connectivity index (χ0n) is 9.61. The van der Waals surface area contributed by atoms with E-state index in [1.165, 1.54) is 6.07 Å². The summed E-state index contributed by atoms with van der Waals surface area (Å²) in [6.07, 6.45) is 0. The average molecular weight is 246 g/mol. The molecule has 0 fully saturated rings. The summed E-state index contributed by atoms with van der Waals surface area (Å²) in [6.45, 7) is 0.220. The number of halogens is 2. The predicted octanol–water partition coefficient (Wildman–Crippen LogP) is 2.87. The van der Waals surface area contributed by atoms with E-state index in [9.17, 15) is 8.78 Å². The number of hydrogen-bond donors (Lipinski definition) is 1. The van der Waals surface area contributed by atoms with E-state index in [-0.39, 0.29) is 6.54 Å². The van der Waals surface area contributed by atoms with Gasteiger partial charge in [-0.3, -0.25) is 4.99 Å². The summed E-state index contributed by atoms with van der Waals surface area (Å²) in [6, 6.07) is 13.0. The van der Waals surface area contributed by atoms with Crippen LogP contribution in [0.25, 0.3) is 0 Å². The second-order valence-electron chi connectivity index (χ2n) is 3.82. The monoisotopic (exact) mass is 246 g/mol. The third-order valence-corrected chi connectivity index (χ3v) is 2.49. The second-order valence-corrected chi connectivity index (χ2v) is 3.82. The maximum Gasteiger partial charge on any atom is 0.159 e. The predicted molar refractivity (Wildman–Crippen MR) is 67.2 cm³/mol. The lowest BCUT2D eigenvalue weighted by atomic mass is 10.2. The van der Waals surface area contributed by atoms with Crippen molar-refractivity contribution in [2.75, 3.05) is 0 Å². The summed E-state index contributed by atoms with van der Waals surface area (Å²) in [5.74, 6) is -1.36. The van der Waals surface area contributed by atoms with Gasteiger partial charge in [0.05, 0.1) is 6.54 Å². The summed E-state index contributed by atoms with van der Waals surface area (Å²) >= 11 is 0. The first-order valence-corrected chi connectivity index (χ1v) is 5.46. The molecule has 0 saturated heterocycles. The number of amidine groups is 1. The van der Waals surface area contributed by atoms with Crippen LogP contribution in [0, 0.1) is 11.6 Å². The van der Waals surface area contributed by atoms with Gasteiger partial charge in [0.1, 0.15) is 5.84 Å². The molecule has 0 aliphatic rings. The van der Waals surface area contributed by atoms with Gasteiger partial charge >= 0.3 is 0 Å². The highest BCUT2D eigenvalue weighted by atomic mass is 19.2. The van der Waals surface area contributed by atoms with Crippen LogP contribution in [-0.2, 0) is 6.54 Å². The van der Waals surface area contributed by atoms with Crippen molar-refractivity contribution in [3.05, 3.63) is 71.3 Å². The number of aliphatic imine (C=N–C) groups is 1. The molecule has 0 aliphatic carbocycles. The van der Waals surface area contributed by atoms with Crippen LogP contribution in [0.2, 0.25) is 0 Å². The van der Waals surface area contributed by atoms with E-state index < -0.39 is 11.6 Å². The van der Waals surface area contributed by atoms with E-state index in [2.05, 4.69) is 4.99 Å². The van der Waals surface area contributed by atoms with Crippen molar-refractivity contribution in [3.63, 3.8) is 0 Å². The Bertz CT molecular complexity index is 565.